The Morgan fingerprint density at radius 2 is 1.69 bits per heavy atom. The molecular formula is C21H30IN5O5. The summed E-state index contributed by atoms with van der Waals surface area (Å²) in [6.07, 6.45) is 0. The van der Waals surface area contributed by atoms with Crippen molar-refractivity contribution in [1.29, 1.82) is 0 Å². The number of nitrogens with zero attached hydrogens (tertiary/aromatic N) is 2. The summed E-state index contributed by atoms with van der Waals surface area (Å²) in [6, 6.07) is 10.3. The van der Waals surface area contributed by atoms with Crippen LogP contribution in [0.25, 0.3) is 0 Å². The van der Waals surface area contributed by atoms with Gasteiger partial charge < -0.3 is 30.2 Å². The summed E-state index contributed by atoms with van der Waals surface area (Å²) in [6.45, 7) is 4.07. The number of ether oxygens (including phenoxy) is 3. The minimum Gasteiger partial charge on any atom is -0.493 e. The zero-order chi connectivity index (χ0) is 22.6. The number of para-hydroxylation sites is 2. The van der Waals surface area contributed by atoms with Crippen LogP contribution in [0.4, 0.5) is 11.4 Å². The molecule has 11 heteroatoms. The first-order chi connectivity index (χ1) is 15.0. The first-order valence-electron chi connectivity index (χ1n) is 9.82. The highest BCUT2D eigenvalue weighted by Gasteiger charge is 2.13. The van der Waals surface area contributed by atoms with E-state index in [2.05, 4.69) is 20.9 Å². The molecule has 0 spiro atoms. The van der Waals surface area contributed by atoms with Gasteiger partial charge in [-0.05, 0) is 30.7 Å². The van der Waals surface area contributed by atoms with Crippen LogP contribution in [-0.4, -0.2) is 51.8 Å². The summed E-state index contributed by atoms with van der Waals surface area (Å²) in [5.74, 6) is 2.29. The number of nitrogens with one attached hydrogen (secondary N) is 3. The molecule has 0 atom stereocenters. The van der Waals surface area contributed by atoms with E-state index in [4.69, 9.17) is 14.2 Å². The van der Waals surface area contributed by atoms with E-state index in [0.717, 1.165) is 5.56 Å². The van der Waals surface area contributed by atoms with Gasteiger partial charge in [0.15, 0.2) is 17.5 Å². The Labute approximate surface area is 204 Å². The molecule has 0 bridgehead atoms. The zero-order valence-electron chi connectivity index (χ0n) is 18.6. The summed E-state index contributed by atoms with van der Waals surface area (Å²) in [7, 11) is 4.70. The lowest BCUT2D eigenvalue weighted by Crippen LogP contribution is -2.39. The van der Waals surface area contributed by atoms with Crippen molar-refractivity contribution in [3.8, 4) is 17.2 Å². The van der Waals surface area contributed by atoms with Crippen molar-refractivity contribution in [3.63, 3.8) is 0 Å². The van der Waals surface area contributed by atoms with Gasteiger partial charge in [-0.25, -0.2) is 4.99 Å². The average Bonchev–Trinajstić information content (AvgIpc) is 2.79. The summed E-state index contributed by atoms with van der Waals surface area (Å²) in [4.78, 5) is 15.3. The summed E-state index contributed by atoms with van der Waals surface area (Å²) >= 11 is 0. The number of guanidine groups is 1. The highest BCUT2D eigenvalue weighted by Crippen LogP contribution is 2.38. The monoisotopic (exact) mass is 559 g/mol. The number of rotatable bonds is 11. The lowest BCUT2D eigenvalue weighted by Gasteiger charge is -2.14. The van der Waals surface area contributed by atoms with Crippen LogP contribution < -0.4 is 30.2 Å². The maximum Gasteiger partial charge on any atom is 0.292 e. The number of hydrogen-bond donors (Lipinski definition) is 3. The quantitative estimate of drug-likeness (QED) is 0.0958. The van der Waals surface area contributed by atoms with Crippen LogP contribution in [0.5, 0.6) is 17.2 Å². The molecule has 32 heavy (non-hydrogen) atoms. The normalized spacial score (nSPS) is 10.6. The van der Waals surface area contributed by atoms with E-state index in [9.17, 15) is 10.1 Å². The largest absolute Gasteiger partial charge is 0.493 e. The number of hydrogen-bond acceptors (Lipinski definition) is 7. The van der Waals surface area contributed by atoms with Gasteiger partial charge in [0.05, 0.1) is 32.8 Å². The zero-order valence-corrected chi connectivity index (χ0v) is 21.0. The van der Waals surface area contributed by atoms with Crippen molar-refractivity contribution in [2.45, 2.75) is 13.5 Å². The van der Waals surface area contributed by atoms with Crippen LogP contribution >= 0.6 is 24.0 Å². The molecule has 0 unspecified atom stereocenters. The van der Waals surface area contributed by atoms with Gasteiger partial charge in [-0.1, -0.05) is 12.1 Å². The fourth-order valence-corrected chi connectivity index (χ4v) is 2.90. The molecule has 0 saturated carbocycles. The van der Waals surface area contributed by atoms with Crippen LogP contribution in [0.2, 0.25) is 0 Å². The number of nitro benzene ring substituents is 1. The Hall–Kier alpha value is -2.96. The topological polar surface area (TPSA) is 119 Å². The van der Waals surface area contributed by atoms with Crippen LogP contribution in [-0.2, 0) is 6.54 Å². The predicted octanol–water partition coefficient (Wildman–Crippen LogP) is 3.41. The maximum absolute atomic E-state index is 11.1. The van der Waals surface area contributed by atoms with Crippen molar-refractivity contribution in [3.05, 3.63) is 52.1 Å². The standard InChI is InChI=1S/C21H29N5O5.HI/c1-5-22-21(24-11-10-23-16-8-6-7-9-17(16)26(27)28)25-14-15-12-18(29-2)20(31-4)19(13-15)30-3;/h6-9,12-13,23H,5,10-11,14H2,1-4H3,(H2,22,24,25);1H. The van der Waals surface area contributed by atoms with E-state index in [-0.39, 0.29) is 29.7 Å². The van der Waals surface area contributed by atoms with E-state index < -0.39 is 4.92 Å². The second-order valence-corrected chi connectivity index (χ2v) is 6.36. The third-order valence-corrected chi connectivity index (χ3v) is 4.32. The first kappa shape index (κ1) is 27.1. The number of aliphatic imine (C=N–C) groups is 1. The molecule has 0 aliphatic carbocycles. The molecule has 0 fully saturated rings. The van der Waals surface area contributed by atoms with E-state index >= 15 is 0 Å². The molecule has 0 heterocycles. The van der Waals surface area contributed by atoms with Crippen LogP contribution in [0, 0.1) is 10.1 Å². The molecule has 10 nitrogen and oxygen atoms in total. The summed E-state index contributed by atoms with van der Waals surface area (Å²) in [5.41, 5.74) is 1.42. The fourth-order valence-electron chi connectivity index (χ4n) is 2.90. The second-order valence-electron chi connectivity index (χ2n) is 6.36. The third kappa shape index (κ3) is 7.62. The van der Waals surface area contributed by atoms with E-state index in [1.54, 1.807) is 39.5 Å². The van der Waals surface area contributed by atoms with Crippen molar-refractivity contribution in [1.82, 2.24) is 10.6 Å². The Balaban J connectivity index is 0.00000512. The molecule has 0 amide bonds. The van der Waals surface area contributed by atoms with Gasteiger partial charge in [-0.2, -0.15) is 0 Å². The molecule has 2 rings (SSSR count). The number of benzene rings is 2. The van der Waals surface area contributed by atoms with Crippen LogP contribution in [0.3, 0.4) is 0 Å². The van der Waals surface area contributed by atoms with Gasteiger partial charge in [-0.3, -0.25) is 10.1 Å². The Morgan fingerprint density at radius 3 is 2.25 bits per heavy atom. The number of halogens is 1. The van der Waals surface area contributed by atoms with Gasteiger partial charge >= 0.3 is 0 Å². The molecule has 2 aromatic rings. The number of anilines is 1. The van der Waals surface area contributed by atoms with E-state index in [0.29, 0.717) is 55.1 Å². The van der Waals surface area contributed by atoms with Gasteiger partial charge in [0.2, 0.25) is 5.75 Å². The van der Waals surface area contributed by atoms with E-state index in [1.807, 2.05) is 19.1 Å². The Kier molecular flexibility index (Phi) is 12.0. The highest BCUT2D eigenvalue weighted by atomic mass is 127. The third-order valence-electron chi connectivity index (χ3n) is 4.32. The number of methoxy groups -OCH3 is 3. The SMILES string of the molecule is CCNC(=NCc1cc(OC)c(OC)c(OC)c1)NCCNc1ccccc1[N+](=O)[O-].I. The minimum atomic E-state index is -0.404. The molecule has 2 aromatic carbocycles. The minimum absolute atomic E-state index is 0. The molecule has 0 aromatic heterocycles. The second kappa shape index (κ2) is 14.2. The molecule has 176 valence electrons. The molecule has 0 aliphatic rings. The molecule has 3 N–H and O–H groups in total. The Morgan fingerprint density at radius 1 is 1.03 bits per heavy atom. The van der Waals surface area contributed by atoms with Gasteiger partial charge in [0, 0.05) is 25.7 Å². The molecule has 0 radical (unpaired) electrons. The van der Waals surface area contributed by atoms with Gasteiger partial charge in [0.25, 0.3) is 5.69 Å². The lowest BCUT2D eigenvalue weighted by atomic mass is 10.2. The maximum atomic E-state index is 11.1. The molecule has 0 aliphatic heterocycles. The number of nitro groups is 1. The predicted molar refractivity (Wildman–Crippen MR) is 136 cm³/mol. The van der Waals surface area contributed by atoms with Crippen molar-refractivity contribution in [2.75, 3.05) is 46.3 Å². The first-order valence-corrected chi connectivity index (χ1v) is 9.82. The van der Waals surface area contributed by atoms with E-state index in [1.165, 1.54) is 6.07 Å². The van der Waals surface area contributed by atoms with Crippen molar-refractivity contribution >= 4 is 41.3 Å². The molecular weight excluding hydrogens is 529 g/mol. The summed E-state index contributed by atoms with van der Waals surface area (Å²) < 4.78 is 16.1. The van der Waals surface area contributed by atoms with Crippen LogP contribution in [0.1, 0.15) is 12.5 Å². The smallest absolute Gasteiger partial charge is 0.292 e. The fraction of sp³-hybridized carbons (Fsp3) is 0.381. The van der Waals surface area contributed by atoms with Crippen molar-refractivity contribution in [2.24, 2.45) is 4.99 Å². The Bertz CT molecular complexity index is 885. The van der Waals surface area contributed by atoms with Gasteiger partial charge in [0.1, 0.15) is 5.69 Å². The van der Waals surface area contributed by atoms with Gasteiger partial charge in [-0.15, -0.1) is 24.0 Å². The molecule has 0 saturated heterocycles. The highest BCUT2D eigenvalue weighted by molar-refractivity contribution is 14.0. The lowest BCUT2D eigenvalue weighted by molar-refractivity contribution is -0.384. The summed E-state index contributed by atoms with van der Waals surface area (Å²) in [5, 5.41) is 20.6. The van der Waals surface area contributed by atoms with Crippen LogP contribution in [0.15, 0.2) is 41.4 Å². The van der Waals surface area contributed by atoms with Crippen molar-refractivity contribution < 1.29 is 19.1 Å². The average molecular weight is 559 g/mol.